The van der Waals surface area contributed by atoms with Crippen molar-refractivity contribution in [2.45, 2.75) is 62.8 Å². The highest BCUT2D eigenvalue weighted by molar-refractivity contribution is 7.86. The number of rotatable bonds is 16. The van der Waals surface area contributed by atoms with Gasteiger partial charge in [0, 0.05) is 36.8 Å². The molecule has 4 N–H and O–H groups in total. The van der Waals surface area contributed by atoms with E-state index in [1.807, 2.05) is 32.6 Å². The summed E-state index contributed by atoms with van der Waals surface area (Å²) < 4.78 is 99.3. The zero-order valence-corrected chi connectivity index (χ0v) is 32.6. The lowest BCUT2D eigenvalue weighted by atomic mass is 9.81. The van der Waals surface area contributed by atoms with Crippen molar-refractivity contribution in [3.05, 3.63) is 83.2 Å². The highest BCUT2D eigenvalue weighted by Crippen LogP contribution is 2.48. The molecule has 20 heteroatoms. The Morgan fingerprint density at radius 1 is 0.907 bits per heavy atom. The van der Waals surface area contributed by atoms with Gasteiger partial charge in [-0.1, -0.05) is 32.1 Å². The number of carboxylic acids is 1. The summed E-state index contributed by atoms with van der Waals surface area (Å²) in [6, 6.07) is 5.77. The quantitative estimate of drug-likeness (QED) is 0.0824. The monoisotopic (exact) mass is 811 g/mol. The number of hydrogen-bond acceptors (Lipinski definition) is 11. The molecule has 4 rings (SSSR count). The largest absolute Gasteiger partial charge is 0.479 e. The average Bonchev–Trinajstić information content (AvgIpc) is 3.42. The van der Waals surface area contributed by atoms with Gasteiger partial charge in [-0.25, -0.2) is 14.4 Å². The molecule has 3 heterocycles. The van der Waals surface area contributed by atoms with Gasteiger partial charge in [-0.2, -0.15) is 25.3 Å². The minimum Gasteiger partial charge on any atom is -0.479 e. The minimum atomic E-state index is -4.50. The molecule has 0 bridgehead atoms. The molecular formula is C34H43N4O13S3+. The molecule has 54 heavy (non-hydrogen) atoms. The SMILES string of the molecule is CN(OCC(=O)O)C(=O)c1cc2c([n+](CCCS(=O)(=O)O)c1)N=C(/C=C/C=C/C=C1/N(CCCS(=O)(=O)O)c3ccc(S(=O)(=O)O)cc3C1(C)C)C2(C)C. The van der Waals surface area contributed by atoms with E-state index < -0.39 is 71.2 Å². The molecule has 0 saturated heterocycles. The van der Waals surface area contributed by atoms with Crippen LogP contribution in [0.25, 0.3) is 0 Å². The number of fused-ring (bicyclic) bond motifs is 2. The zero-order chi connectivity index (χ0) is 40.4. The van der Waals surface area contributed by atoms with Gasteiger partial charge in [0.2, 0.25) is 0 Å². The van der Waals surface area contributed by atoms with Gasteiger partial charge >= 0.3 is 11.8 Å². The Morgan fingerprint density at radius 2 is 1.56 bits per heavy atom. The lowest BCUT2D eigenvalue weighted by molar-refractivity contribution is -0.684. The van der Waals surface area contributed by atoms with Crippen LogP contribution in [0.5, 0.6) is 0 Å². The van der Waals surface area contributed by atoms with E-state index in [0.29, 0.717) is 34.0 Å². The third kappa shape index (κ3) is 10.1. The van der Waals surface area contributed by atoms with Crippen LogP contribution in [0.15, 0.2) is 76.4 Å². The predicted octanol–water partition coefficient (Wildman–Crippen LogP) is 3.02. The summed E-state index contributed by atoms with van der Waals surface area (Å²) in [6.07, 6.45) is 10.2. The number of anilines is 1. The number of aliphatic carboxylic acids is 1. The summed E-state index contributed by atoms with van der Waals surface area (Å²) in [6.45, 7) is 6.95. The molecule has 0 aliphatic carbocycles. The normalized spacial score (nSPS) is 17.3. The summed E-state index contributed by atoms with van der Waals surface area (Å²) in [5, 5.41) is 9.73. The van der Waals surface area contributed by atoms with Gasteiger partial charge in [0.1, 0.15) is 6.20 Å². The van der Waals surface area contributed by atoms with E-state index in [1.54, 1.807) is 41.0 Å². The smallest absolute Gasteiger partial charge is 0.332 e. The van der Waals surface area contributed by atoms with Crippen molar-refractivity contribution in [1.82, 2.24) is 5.06 Å². The van der Waals surface area contributed by atoms with Crippen LogP contribution in [0.2, 0.25) is 0 Å². The van der Waals surface area contributed by atoms with E-state index in [0.717, 1.165) is 5.06 Å². The first-order chi connectivity index (χ1) is 24.8. The number of aliphatic imine (C=N–C) groups is 1. The highest BCUT2D eigenvalue weighted by atomic mass is 32.2. The van der Waals surface area contributed by atoms with Gasteiger partial charge in [-0.15, -0.1) is 0 Å². The topological polar surface area (TPSA) is 249 Å². The van der Waals surface area contributed by atoms with Crippen LogP contribution >= 0.6 is 0 Å². The van der Waals surface area contributed by atoms with E-state index in [1.165, 1.54) is 31.4 Å². The summed E-state index contributed by atoms with van der Waals surface area (Å²) in [5.74, 6) is -2.51. The number of allylic oxidation sites excluding steroid dienone is 6. The lowest BCUT2D eigenvalue weighted by Gasteiger charge is -2.27. The van der Waals surface area contributed by atoms with Crippen molar-refractivity contribution in [2.24, 2.45) is 4.99 Å². The number of benzene rings is 1. The number of carbonyl (C=O) groups excluding carboxylic acids is 1. The van der Waals surface area contributed by atoms with Crippen LogP contribution in [0, 0.1) is 0 Å². The van der Waals surface area contributed by atoms with Crippen LogP contribution in [-0.4, -0.2) is 98.4 Å². The fourth-order valence-corrected chi connectivity index (χ4v) is 7.77. The molecule has 17 nitrogen and oxygen atoms in total. The molecule has 0 atom stereocenters. The number of pyridine rings is 1. The molecule has 0 radical (unpaired) electrons. The predicted molar refractivity (Wildman–Crippen MR) is 197 cm³/mol. The van der Waals surface area contributed by atoms with Crippen molar-refractivity contribution >= 4 is 59.4 Å². The maximum absolute atomic E-state index is 13.2. The van der Waals surface area contributed by atoms with E-state index in [9.17, 15) is 48.5 Å². The van der Waals surface area contributed by atoms with Crippen LogP contribution in [-0.2, 0) is 57.4 Å². The Morgan fingerprint density at radius 3 is 2.17 bits per heavy atom. The summed E-state index contributed by atoms with van der Waals surface area (Å²) in [4.78, 5) is 35.5. The Bertz CT molecular complexity index is 2290. The molecule has 0 unspecified atom stereocenters. The van der Waals surface area contributed by atoms with Crippen molar-refractivity contribution in [1.29, 1.82) is 0 Å². The summed E-state index contributed by atoms with van der Waals surface area (Å²) in [5.41, 5.74) is 1.65. The molecule has 1 aromatic heterocycles. The first-order valence-electron chi connectivity index (χ1n) is 16.5. The van der Waals surface area contributed by atoms with Crippen LogP contribution in [0.1, 0.15) is 62.0 Å². The Labute approximate surface area is 314 Å². The molecule has 0 spiro atoms. The van der Waals surface area contributed by atoms with Gasteiger partial charge in [0.25, 0.3) is 36.3 Å². The third-order valence-corrected chi connectivity index (χ3v) is 11.5. The number of aromatic nitrogens is 1. The highest BCUT2D eigenvalue weighted by Gasteiger charge is 2.43. The van der Waals surface area contributed by atoms with Gasteiger partial charge in [0.15, 0.2) is 12.3 Å². The molecule has 1 aromatic carbocycles. The number of carbonyl (C=O) groups is 2. The number of hydroxylamine groups is 2. The molecule has 2 aliphatic heterocycles. The van der Waals surface area contributed by atoms with Crippen molar-refractivity contribution in [2.75, 3.05) is 36.6 Å². The van der Waals surface area contributed by atoms with Gasteiger partial charge < -0.3 is 10.0 Å². The molecule has 0 saturated carbocycles. The third-order valence-electron chi connectivity index (χ3n) is 9.04. The maximum Gasteiger partial charge on any atom is 0.332 e. The number of amides is 1. The number of hydrogen-bond donors (Lipinski definition) is 4. The number of aryl methyl sites for hydroxylation is 1. The van der Waals surface area contributed by atoms with E-state index in [-0.39, 0.29) is 36.4 Å². The number of carboxylic acid groups (broad SMARTS) is 1. The second kappa shape index (κ2) is 15.8. The summed E-state index contributed by atoms with van der Waals surface area (Å²) in [7, 11) is -11.7. The first kappa shape index (κ1) is 42.4. The number of nitrogens with zero attached hydrogens (tertiary/aromatic N) is 4. The Hall–Kier alpha value is -4.31. The van der Waals surface area contributed by atoms with E-state index >= 15 is 0 Å². The van der Waals surface area contributed by atoms with Crippen molar-refractivity contribution in [3.63, 3.8) is 0 Å². The van der Waals surface area contributed by atoms with E-state index in [2.05, 4.69) is 0 Å². The minimum absolute atomic E-state index is 0.00162. The fraction of sp³-hybridized carbons (Fsp3) is 0.412. The first-order valence-corrected chi connectivity index (χ1v) is 21.1. The lowest BCUT2D eigenvalue weighted by Crippen LogP contribution is -2.39. The maximum atomic E-state index is 13.2. The van der Waals surface area contributed by atoms with Gasteiger partial charge in [0.05, 0.1) is 39.5 Å². The van der Waals surface area contributed by atoms with Gasteiger partial charge in [-0.3, -0.25) is 23.3 Å². The van der Waals surface area contributed by atoms with E-state index in [4.69, 9.17) is 14.9 Å². The molecule has 1 amide bonds. The van der Waals surface area contributed by atoms with Crippen molar-refractivity contribution in [3.8, 4) is 0 Å². The molecule has 2 aromatic rings. The Balaban J connectivity index is 1.66. The fourth-order valence-electron chi connectivity index (χ4n) is 6.28. The van der Waals surface area contributed by atoms with Gasteiger partial charge in [-0.05, 0) is 67.2 Å². The standard InChI is InChI=1S/C34H42N4O13S3/c1-33(2)26-19-23(32(41)36(5)51-22-30(39)40)21-37(15-9-17-52(42,43)44)31(26)35-28(33)11-7-6-8-12-29-34(3,4)25-20-24(54(48,49)50)13-14-27(25)38(29)16-10-18-53(45,46)47/h6-8,11-14,19-21H,9-10,15-18,22H2,1-5H3,(H3-,39,40,42,43,44,45,46,47,48,49,50)/p+1. The van der Waals surface area contributed by atoms with Crippen LogP contribution in [0.3, 0.4) is 0 Å². The Kier molecular flexibility index (Phi) is 12.4. The molecule has 294 valence electrons. The second-order valence-electron chi connectivity index (χ2n) is 13.8. The van der Waals surface area contributed by atoms with Crippen LogP contribution in [0.4, 0.5) is 11.5 Å². The molecule has 2 aliphatic rings. The molecule has 0 fully saturated rings. The zero-order valence-electron chi connectivity index (χ0n) is 30.2. The average molecular weight is 812 g/mol. The van der Waals surface area contributed by atoms with Crippen molar-refractivity contribution < 1.29 is 63.0 Å². The summed E-state index contributed by atoms with van der Waals surface area (Å²) >= 11 is 0. The van der Waals surface area contributed by atoms with Crippen LogP contribution < -0.4 is 9.47 Å². The second-order valence-corrected chi connectivity index (χ2v) is 18.3. The molecular weight excluding hydrogens is 769 g/mol.